The number of fused-ring (bicyclic) bond motifs is 1. The third-order valence-electron chi connectivity index (χ3n) is 13.8. The molecule has 1 aromatic carbocycles. The summed E-state index contributed by atoms with van der Waals surface area (Å²) < 4.78 is 32.3. The van der Waals surface area contributed by atoms with Gasteiger partial charge in [-0.1, -0.05) is 56.9 Å². The summed E-state index contributed by atoms with van der Waals surface area (Å²) in [7, 11) is 5.56. The van der Waals surface area contributed by atoms with Crippen LogP contribution in [0.4, 0.5) is 0 Å². The predicted octanol–water partition coefficient (Wildman–Crippen LogP) is 4.68. The lowest BCUT2D eigenvalue weighted by atomic mass is 9.77. The maximum Gasteiger partial charge on any atom is 0.312 e. The Hall–Kier alpha value is -4.57. The fourth-order valence-corrected chi connectivity index (χ4v) is 9.93. The molecular formula is C53H77N5O11. The Kier molecular flexibility index (Phi) is 20.1. The number of carbonyl (C=O) groups is 3. The number of carbonyl (C=O) groups excluding carboxylic acids is 3. The fraction of sp³-hybridized carbons (Fsp3) is 0.642. The quantitative estimate of drug-likeness (QED) is 0.0795. The highest BCUT2D eigenvalue weighted by molar-refractivity contribution is 5.79. The van der Waals surface area contributed by atoms with E-state index in [9.17, 15) is 29.7 Å². The monoisotopic (exact) mass is 960 g/mol. The van der Waals surface area contributed by atoms with Crippen molar-refractivity contribution in [3.63, 3.8) is 0 Å². The van der Waals surface area contributed by atoms with Crippen molar-refractivity contribution < 1.29 is 53.4 Å². The maximum absolute atomic E-state index is 14.4. The minimum atomic E-state index is -1.88. The zero-order valence-electron chi connectivity index (χ0n) is 42.5. The molecule has 0 aliphatic carbocycles. The van der Waals surface area contributed by atoms with Crippen LogP contribution in [0.25, 0.3) is 10.9 Å². The van der Waals surface area contributed by atoms with E-state index in [4.69, 9.17) is 23.7 Å². The molecule has 2 saturated heterocycles. The number of hydrogen-bond acceptors (Lipinski definition) is 16. The van der Waals surface area contributed by atoms with Gasteiger partial charge in [-0.2, -0.15) is 0 Å². The molecule has 0 bridgehead atoms. The molecule has 5 rings (SSSR count). The molecule has 2 fully saturated rings. The molecule has 0 amide bonds. The molecule has 4 heterocycles. The smallest absolute Gasteiger partial charge is 0.312 e. The Morgan fingerprint density at radius 3 is 2.43 bits per heavy atom. The molecule has 2 aromatic heterocycles. The number of ether oxygens (including phenoxy) is 5. The van der Waals surface area contributed by atoms with Crippen molar-refractivity contribution in [2.24, 2.45) is 17.8 Å². The zero-order chi connectivity index (χ0) is 50.6. The van der Waals surface area contributed by atoms with Crippen LogP contribution in [-0.4, -0.2) is 160 Å². The number of cyclic esters (lactones) is 1. The Morgan fingerprint density at radius 2 is 1.74 bits per heavy atom. The van der Waals surface area contributed by atoms with Gasteiger partial charge in [0, 0.05) is 67.4 Å². The highest BCUT2D eigenvalue weighted by Gasteiger charge is 2.53. The number of benzene rings is 1. The maximum atomic E-state index is 14.4. The average molecular weight is 960 g/mol. The van der Waals surface area contributed by atoms with Crippen molar-refractivity contribution in [3.8, 4) is 11.8 Å². The number of nitrogens with one attached hydrogen (secondary N) is 1. The largest absolute Gasteiger partial charge is 0.461 e. The standard InChI is InChI=1S/C53H77N5O11/c1-12-43-53(8,64)48(62)37(6)58(11)32-33(2)30-52(7,69-44(59)23-26-54-24-17-15-19-38-28-39-20-13-14-22-41(39)56-31-38)49(68-51-46(61)42(57(9)10)27-34(3)65-51)35(4)47(36(5)50(63)66-43)67-45(60)29-40-21-16-18-25-55-40/h13-14,16,18,20-22,25,28,31,33-37,42-43,46-49,51,54,61-62,64H,12,17,23-24,26-27,29-30,32H2,1-11H3/t33-,34-,35+,36-,37-,42+,43-,46-,47+,48-,49-,51+,52-,53-/m1/s1. The third kappa shape index (κ3) is 14.7. The summed E-state index contributed by atoms with van der Waals surface area (Å²) in [5, 5.41) is 39.8. The third-order valence-corrected chi connectivity index (χ3v) is 13.8. The lowest BCUT2D eigenvalue weighted by Gasteiger charge is -2.48. The Labute approximate surface area is 408 Å². The van der Waals surface area contributed by atoms with Crippen LogP contribution < -0.4 is 5.32 Å². The van der Waals surface area contributed by atoms with E-state index >= 15 is 0 Å². The van der Waals surface area contributed by atoms with Crippen LogP contribution in [0.2, 0.25) is 0 Å². The number of aliphatic hydroxyl groups excluding tert-OH is 2. The Bertz CT molecular complexity index is 2200. The van der Waals surface area contributed by atoms with E-state index in [0.29, 0.717) is 31.6 Å². The molecule has 4 N–H and O–H groups in total. The van der Waals surface area contributed by atoms with E-state index in [0.717, 1.165) is 16.5 Å². The van der Waals surface area contributed by atoms with Crippen LogP contribution in [0.1, 0.15) is 98.8 Å². The molecule has 0 spiro atoms. The van der Waals surface area contributed by atoms with Crippen LogP contribution in [0.3, 0.4) is 0 Å². The topological polar surface area (TPSA) is 202 Å². The molecule has 16 nitrogen and oxygen atoms in total. The normalized spacial score (nSPS) is 33.1. The van der Waals surface area contributed by atoms with Crippen LogP contribution in [-0.2, 0) is 44.5 Å². The van der Waals surface area contributed by atoms with Gasteiger partial charge in [-0.25, -0.2) is 0 Å². The molecule has 2 aliphatic rings. The van der Waals surface area contributed by atoms with Gasteiger partial charge in [-0.15, -0.1) is 0 Å². The van der Waals surface area contributed by atoms with Crippen molar-refractivity contribution in [1.29, 1.82) is 0 Å². The SMILES string of the molecule is CC[C@H]1OC(=O)[C@H](C)[C@@H](OC(=O)Cc2ccccn2)[C@H](C)[C@@H](O[C@@H]2O[C@H](C)C[C@H](N(C)C)[C@H]2O)[C@](C)(OC(=O)CCNCCC#Cc2cnc3ccccc3c2)C[C@@H](C)CN(C)[C@H](C)[C@@H](O)[C@]1(C)O. The predicted molar refractivity (Wildman–Crippen MR) is 261 cm³/mol. The first-order valence-corrected chi connectivity index (χ1v) is 24.5. The summed E-state index contributed by atoms with van der Waals surface area (Å²) in [5.41, 5.74) is -1.23. The minimum Gasteiger partial charge on any atom is -0.461 e. The first-order chi connectivity index (χ1) is 32.6. The van der Waals surface area contributed by atoms with Crippen molar-refractivity contribution >= 4 is 28.8 Å². The summed E-state index contributed by atoms with van der Waals surface area (Å²) in [6.07, 6.45) is -3.16. The van der Waals surface area contributed by atoms with E-state index in [1.807, 2.05) is 75.1 Å². The lowest BCUT2D eigenvalue weighted by Crippen LogP contribution is -2.60. The second-order valence-corrected chi connectivity index (χ2v) is 20.0. The molecule has 0 radical (unpaired) electrons. The Morgan fingerprint density at radius 1 is 1.01 bits per heavy atom. The van der Waals surface area contributed by atoms with E-state index in [2.05, 4.69) is 27.1 Å². The first kappa shape index (κ1) is 55.4. The average Bonchev–Trinajstić information content (AvgIpc) is 3.30. The van der Waals surface area contributed by atoms with Crippen molar-refractivity contribution in [2.75, 3.05) is 40.8 Å². The number of rotatable bonds is 13. The number of aliphatic hydroxyl groups is 3. The van der Waals surface area contributed by atoms with Gasteiger partial charge in [0.2, 0.25) is 0 Å². The molecule has 0 unspecified atom stereocenters. The second-order valence-electron chi connectivity index (χ2n) is 20.0. The summed E-state index contributed by atoms with van der Waals surface area (Å²) in [5.74, 6) is 1.96. The van der Waals surface area contributed by atoms with Gasteiger partial charge in [0.1, 0.15) is 41.7 Å². The van der Waals surface area contributed by atoms with Gasteiger partial charge in [-0.05, 0) is 105 Å². The summed E-state index contributed by atoms with van der Waals surface area (Å²) in [4.78, 5) is 55.2. The minimum absolute atomic E-state index is 0.0166. The van der Waals surface area contributed by atoms with Gasteiger partial charge >= 0.3 is 17.9 Å². The summed E-state index contributed by atoms with van der Waals surface area (Å²) in [6.45, 7) is 15.1. The molecule has 0 saturated carbocycles. The van der Waals surface area contributed by atoms with Gasteiger partial charge in [0.05, 0.1) is 36.1 Å². The van der Waals surface area contributed by atoms with Gasteiger partial charge in [0.25, 0.3) is 0 Å². The van der Waals surface area contributed by atoms with Crippen LogP contribution >= 0.6 is 0 Å². The number of para-hydroxylation sites is 1. The van der Waals surface area contributed by atoms with Gasteiger partial charge in [0.15, 0.2) is 6.29 Å². The van der Waals surface area contributed by atoms with Crippen molar-refractivity contribution in [1.82, 2.24) is 25.1 Å². The number of aromatic nitrogens is 2. The summed E-state index contributed by atoms with van der Waals surface area (Å²) in [6, 6.07) is 14.1. The molecule has 69 heavy (non-hydrogen) atoms. The van der Waals surface area contributed by atoms with Gasteiger partial charge in [-0.3, -0.25) is 24.4 Å². The van der Waals surface area contributed by atoms with E-state index in [1.54, 1.807) is 65.2 Å². The lowest BCUT2D eigenvalue weighted by molar-refractivity contribution is -0.301. The highest BCUT2D eigenvalue weighted by atomic mass is 16.7. The van der Waals surface area contributed by atoms with Crippen LogP contribution in [0.5, 0.6) is 0 Å². The van der Waals surface area contributed by atoms with E-state index < -0.39 is 83.8 Å². The molecule has 3 aromatic rings. The molecule has 14 atom stereocenters. The fourth-order valence-electron chi connectivity index (χ4n) is 9.93. The van der Waals surface area contributed by atoms with Crippen molar-refractivity contribution in [2.45, 2.75) is 160 Å². The molecule has 380 valence electrons. The van der Waals surface area contributed by atoms with E-state index in [-0.39, 0.29) is 50.3 Å². The number of esters is 3. The summed E-state index contributed by atoms with van der Waals surface area (Å²) >= 11 is 0. The molecular weight excluding hydrogens is 883 g/mol. The number of pyridine rings is 2. The zero-order valence-corrected chi connectivity index (χ0v) is 42.5. The van der Waals surface area contributed by atoms with Crippen molar-refractivity contribution in [3.05, 3.63) is 72.2 Å². The second kappa shape index (κ2) is 25.0. The van der Waals surface area contributed by atoms with Gasteiger partial charge < -0.3 is 54.1 Å². The number of likely N-dealkylation sites (N-methyl/N-ethyl adjacent to an activating group) is 2. The molecule has 16 heteroatoms. The number of hydrogen-bond donors (Lipinski definition) is 4. The molecule has 2 aliphatic heterocycles. The highest BCUT2D eigenvalue weighted by Crippen LogP contribution is 2.40. The van der Waals surface area contributed by atoms with Crippen LogP contribution in [0.15, 0.2) is 60.9 Å². The van der Waals surface area contributed by atoms with E-state index in [1.165, 1.54) is 6.92 Å². The number of nitrogens with zero attached hydrogens (tertiary/aromatic N) is 4. The Balaban J connectivity index is 1.50. The van der Waals surface area contributed by atoms with Crippen LogP contribution in [0, 0.1) is 29.6 Å². The first-order valence-electron chi connectivity index (χ1n) is 24.5.